The predicted octanol–water partition coefficient (Wildman–Crippen LogP) is 1.39. The Kier molecular flexibility index (Phi) is 13.0. The summed E-state index contributed by atoms with van der Waals surface area (Å²) in [7, 11) is 18.3. The van der Waals surface area contributed by atoms with Crippen LogP contribution in [0.25, 0.3) is 0 Å². The van der Waals surface area contributed by atoms with Crippen molar-refractivity contribution in [3.63, 3.8) is 0 Å². The molecule has 0 heterocycles. The van der Waals surface area contributed by atoms with Crippen LogP contribution in [0.1, 0.15) is 0 Å². The van der Waals surface area contributed by atoms with Gasteiger partial charge in [0.15, 0.2) is 0 Å². The van der Waals surface area contributed by atoms with E-state index in [0.717, 1.165) is 6.41 Å². The van der Waals surface area contributed by atoms with Crippen LogP contribution in [0, 0.1) is 0 Å². The first-order chi connectivity index (χ1) is 4.00. The van der Waals surface area contributed by atoms with Crippen LogP contribution in [0.2, 0.25) is 0 Å². The topological polar surface area (TPSA) is 20.3 Å². The van der Waals surface area contributed by atoms with Gasteiger partial charge in [0.2, 0.25) is 6.41 Å². The Morgan fingerprint density at radius 3 is 1.44 bits per heavy atom. The summed E-state index contributed by atoms with van der Waals surface area (Å²) >= 11 is -2.03. The molecule has 0 saturated carbocycles. The van der Waals surface area contributed by atoms with Crippen LogP contribution in [-0.4, -0.2) is 42.2 Å². The van der Waals surface area contributed by atoms with Gasteiger partial charge < -0.3 is 4.90 Å². The van der Waals surface area contributed by atoms with Crippen LogP contribution < -0.4 is 0 Å². The molecular formula is C3H7Cl3NOSb. The molecule has 0 saturated heterocycles. The summed E-state index contributed by atoms with van der Waals surface area (Å²) < 4.78 is 0. The SMILES string of the molecule is CN(C)C=O.[Cl][Sb]([Cl])[Cl]. The first kappa shape index (κ1) is 12.8. The van der Waals surface area contributed by atoms with Crippen molar-refractivity contribution in [2.75, 3.05) is 14.1 Å². The van der Waals surface area contributed by atoms with Crippen molar-refractivity contribution >= 4 is 49.7 Å². The van der Waals surface area contributed by atoms with E-state index in [9.17, 15) is 4.79 Å². The molecule has 1 amide bonds. The molecule has 56 valence electrons. The molecule has 0 bridgehead atoms. The fourth-order valence-electron chi connectivity index (χ4n) is 0. The van der Waals surface area contributed by atoms with Gasteiger partial charge in [0.1, 0.15) is 0 Å². The number of carbonyl (C=O) groups is 1. The molecule has 6 heteroatoms. The fourth-order valence-corrected chi connectivity index (χ4v) is 0. The molecule has 0 aromatic carbocycles. The minimum atomic E-state index is -2.03. The average molecular weight is 301 g/mol. The summed E-state index contributed by atoms with van der Waals surface area (Å²) in [6.07, 6.45) is 0.750. The molecule has 0 fully saturated rings. The second kappa shape index (κ2) is 9.16. The Hall–Kier alpha value is 1.16. The third-order valence-electron chi connectivity index (χ3n) is 0.211. The van der Waals surface area contributed by atoms with Gasteiger partial charge in [-0.25, -0.2) is 0 Å². The summed E-state index contributed by atoms with van der Waals surface area (Å²) in [6, 6.07) is 0. The van der Waals surface area contributed by atoms with Gasteiger partial charge in [0.05, 0.1) is 0 Å². The Morgan fingerprint density at radius 1 is 1.33 bits per heavy atom. The van der Waals surface area contributed by atoms with Gasteiger partial charge in [0.25, 0.3) is 0 Å². The van der Waals surface area contributed by atoms with Crippen molar-refractivity contribution in [3.8, 4) is 0 Å². The number of rotatable bonds is 1. The standard InChI is InChI=1S/C3H7NO.3ClH.Sb/c1-4(2)3-5;;;;/h3H,1-2H3;3*1H;/q;;;;+3/p-3. The molecule has 0 rings (SSSR count). The van der Waals surface area contributed by atoms with Crippen LogP contribution in [0.3, 0.4) is 0 Å². The van der Waals surface area contributed by atoms with E-state index in [1.54, 1.807) is 14.1 Å². The number of amides is 1. The monoisotopic (exact) mass is 299 g/mol. The van der Waals surface area contributed by atoms with E-state index < -0.39 is 16.8 Å². The Bertz CT molecular complexity index is 67.3. The number of hydrogen-bond acceptors (Lipinski definition) is 1. The van der Waals surface area contributed by atoms with Crippen LogP contribution in [0.5, 0.6) is 0 Å². The summed E-state index contributed by atoms with van der Waals surface area (Å²) in [5, 5.41) is 0. The van der Waals surface area contributed by atoms with Crippen LogP contribution >= 0.6 is 26.5 Å². The molecule has 2 nitrogen and oxygen atoms in total. The molecule has 0 atom stereocenters. The van der Waals surface area contributed by atoms with E-state index in [1.165, 1.54) is 4.90 Å². The van der Waals surface area contributed by atoms with Crippen molar-refractivity contribution < 1.29 is 4.79 Å². The molecule has 0 aromatic rings. The number of halogens is 3. The van der Waals surface area contributed by atoms with E-state index in [4.69, 9.17) is 26.5 Å². The Morgan fingerprint density at radius 2 is 1.44 bits per heavy atom. The third-order valence-corrected chi connectivity index (χ3v) is 0.211. The zero-order valence-electron chi connectivity index (χ0n) is 5.01. The zero-order valence-corrected chi connectivity index (χ0v) is 9.83. The van der Waals surface area contributed by atoms with Crippen molar-refractivity contribution in [2.45, 2.75) is 0 Å². The van der Waals surface area contributed by atoms with Crippen molar-refractivity contribution in [2.24, 2.45) is 0 Å². The Labute approximate surface area is 73.0 Å². The summed E-state index contributed by atoms with van der Waals surface area (Å²) in [4.78, 5) is 10.9. The average Bonchev–Trinajstić information content (AvgIpc) is 1.65. The molecule has 0 aromatic heterocycles. The quantitative estimate of drug-likeness (QED) is 0.529. The summed E-state index contributed by atoms with van der Waals surface area (Å²) in [5.41, 5.74) is 0. The second-order valence-electron chi connectivity index (χ2n) is 1.26. The molecule has 0 aliphatic rings. The number of carbonyl (C=O) groups excluding carboxylic acids is 1. The summed E-state index contributed by atoms with van der Waals surface area (Å²) in [5.74, 6) is 0. The van der Waals surface area contributed by atoms with Crippen molar-refractivity contribution in [1.82, 2.24) is 4.90 Å². The van der Waals surface area contributed by atoms with Crippen LogP contribution in [0.4, 0.5) is 0 Å². The van der Waals surface area contributed by atoms with E-state index in [2.05, 4.69) is 0 Å². The maximum absolute atomic E-state index is 9.43. The molecule has 0 aliphatic heterocycles. The number of hydrogen-bond donors (Lipinski definition) is 0. The van der Waals surface area contributed by atoms with Gasteiger partial charge in [-0.05, 0) is 0 Å². The van der Waals surface area contributed by atoms with Gasteiger partial charge >= 0.3 is 43.3 Å². The van der Waals surface area contributed by atoms with Gasteiger partial charge in [0, 0.05) is 14.1 Å². The normalized spacial score (nSPS) is 7.78. The first-order valence-corrected chi connectivity index (χ1v) is 11.6. The second-order valence-corrected chi connectivity index (χ2v) is 12.6. The maximum atomic E-state index is 9.43. The first-order valence-electron chi connectivity index (χ1n) is 1.90. The van der Waals surface area contributed by atoms with Gasteiger partial charge in [-0.1, -0.05) is 0 Å². The molecular weight excluding hydrogens is 294 g/mol. The molecule has 9 heavy (non-hydrogen) atoms. The van der Waals surface area contributed by atoms with E-state index in [1.807, 2.05) is 0 Å². The number of nitrogens with zero attached hydrogens (tertiary/aromatic N) is 1. The predicted molar refractivity (Wildman–Crippen MR) is 43.1 cm³/mol. The third kappa shape index (κ3) is 47.0. The van der Waals surface area contributed by atoms with Crippen LogP contribution in [0.15, 0.2) is 0 Å². The van der Waals surface area contributed by atoms with Crippen LogP contribution in [-0.2, 0) is 4.79 Å². The van der Waals surface area contributed by atoms with Crippen molar-refractivity contribution in [1.29, 1.82) is 0 Å². The minimum absolute atomic E-state index is 0.750. The van der Waals surface area contributed by atoms with E-state index >= 15 is 0 Å². The summed E-state index contributed by atoms with van der Waals surface area (Å²) in [6.45, 7) is 0. The molecule has 0 aliphatic carbocycles. The Balaban J connectivity index is 0. The van der Waals surface area contributed by atoms with Gasteiger partial charge in [-0.15, -0.1) is 0 Å². The van der Waals surface area contributed by atoms with Gasteiger partial charge in [-0.2, -0.15) is 0 Å². The molecule has 0 N–H and O–H groups in total. The van der Waals surface area contributed by atoms with E-state index in [-0.39, 0.29) is 0 Å². The fraction of sp³-hybridized carbons (Fsp3) is 0.667. The van der Waals surface area contributed by atoms with E-state index in [0.29, 0.717) is 0 Å². The van der Waals surface area contributed by atoms with Crippen molar-refractivity contribution in [3.05, 3.63) is 0 Å². The zero-order chi connectivity index (χ0) is 7.86. The molecule has 0 unspecified atom stereocenters. The van der Waals surface area contributed by atoms with Gasteiger partial charge in [-0.3, -0.25) is 4.79 Å². The molecule has 0 spiro atoms. The molecule has 0 radical (unpaired) electrons.